The van der Waals surface area contributed by atoms with Crippen molar-refractivity contribution in [2.75, 3.05) is 0 Å². The van der Waals surface area contributed by atoms with Gasteiger partial charge in [0.05, 0.1) is 5.92 Å². The second-order valence-corrected chi connectivity index (χ2v) is 5.12. The maximum Gasteiger partial charge on any atom is 0.471 e. The van der Waals surface area contributed by atoms with E-state index in [2.05, 4.69) is 14.7 Å². The Labute approximate surface area is 130 Å². The minimum absolute atomic E-state index is 0.00709. The van der Waals surface area contributed by atoms with Crippen molar-refractivity contribution in [3.63, 3.8) is 0 Å². The lowest BCUT2D eigenvalue weighted by Gasteiger charge is -2.13. The third-order valence-corrected chi connectivity index (χ3v) is 3.40. The molecule has 0 aliphatic rings. The minimum Gasteiger partial charge on any atom is -0.369 e. The number of hydrogen-bond acceptors (Lipinski definition) is 4. The molecule has 1 aromatic carbocycles. The summed E-state index contributed by atoms with van der Waals surface area (Å²) in [6, 6.07) is 9.14. The Morgan fingerprint density at radius 1 is 1.22 bits per heavy atom. The number of nitrogens with zero attached hydrogens (tertiary/aromatic N) is 2. The number of aryl methyl sites for hydroxylation is 1. The SMILES string of the molecule is NC(=O)C(CCCCc1noc(C(F)(F)F)n1)c1ccccc1. The van der Waals surface area contributed by atoms with Gasteiger partial charge in [-0.05, 0) is 18.4 Å². The number of nitrogens with two attached hydrogens (primary N) is 1. The van der Waals surface area contributed by atoms with Crippen molar-refractivity contribution in [2.24, 2.45) is 5.73 Å². The van der Waals surface area contributed by atoms with Crippen LogP contribution in [-0.4, -0.2) is 16.0 Å². The normalized spacial score (nSPS) is 13.0. The van der Waals surface area contributed by atoms with Crippen molar-refractivity contribution in [3.05, 3.63) is 47.6 Å². The second-order valence-electron chi connectivity index (χ2n) is 5.12. The Hall–Kier alpha value is -2.38. The van der Waals surface area contributed by atoms with Gasteiger partial charge in [-0.15, -0.1) is 0 Å². The monoisotopic (exact) mass is 327 g/mol. The molecule has 1 amide bonds. The fourth-order valence-corrected chi connectivity index (χ4v) is 2.26. The molecule has 0 spiro atoms. The first-order valence-electron chi connectivity index (χ1n) is 7.12. The van der Waals surface area contributed by atoms with Crippen LogP contribution in [-0.2, 0) is 17.4 Å². The second kappa shape index (κ2) is 7.26. The third-order valence-electron chi connectivity index (χ3n) is 3.40. The van der Waals surface area contributed by atoms with E-state index in [1.54, 1.807) is 0 Å². The maximum atomic E-state index is 12.3. The molecule has 1 unspecified atom stereocenters. The molecule has 0 bridgehead atoms. The Kier molecular flexibility index (Phi) is 5.36. The molecule has 8 heteroatoms. The van der Waals surface area contributed by atoms with Crippen LogP contribution in [0.3, 0.4) is 0 Å². The first kappa shape index (κ1) is 17.0. The highest BCUT2D eigenvalue weighted by molar-refractivity contribution is 5.81. The van der Waals surface area contributed by atoms with E-state index >= 15 is 0 Å². The standard InChI is InChI=1S/C15H16F3N3O2/c16-15(17,18)14-20-12(21-23-14)9-5-4-8-11(13(19)22)10-6-2-1-3-7-10/h1-3,6-7,11H,4-5,8-9H2,(H2,19,22). The summed E-state index contributed by atoms with van der Waals surface area (Å²) in [5, 5.41) is 3.29. The molecule has 5 nitrogen and oxygen atoms in total. The predicted octanol–water partition coefficient (Wildman–Crippen LogP) is 3.07. The number of carbonyl (C=O) groups is 1. The Morgan fingerprint density at radius 3 is 2.48 bits per heavy atom. The van der Waals surface area contributed by atoms with Crippen molar-refractivity contribution < 1.29 is 22.5 Å². The molecule has 0 aliphatic carbocycles. The van der Waals surface area contributed by atoms with Gasteiger partial charge in [-0.1, -0.05) is 41.9 Å². The van der Waals surface area contributed by atoms with Gasteiger partial charge >= 0.3 is 12.1 Å². The van der Waals surface area contributed by atoms with Crippen LogP contribution >= 0.6 is 0 Å². The van der Waals surface area contributed by atoms with E-state index in [1.807, 2.05) is 30.3 Å². The van der Waals surface area contributed by atoms with E-state index in [-0.39, 0.29) is 12.2 Å². The zero-order valence-corrected chi connectivity index (χ0v) is 12.2. The summed E-state index contributed by atoms with van der Waals surface area (Å²) in [4.78, 5) is 14.8. The summed E-state index contributed by atoms with van der Waals surface area (Å²) < 4.78 is 41.1. The van der Waals surface area contributed by atoms with Gasteiger partial charge in [0.1, 0.15) is 0 Å². The molecule has 1 atom stereocenters. The first-order valence-corrected chi connectivity index (χ1v) is 7.12. The fraction of sp³-hybridized carbons (Fsp3) is 0.400. The summed E-state index contributed by atoms with van der Waals surface area (Å²) in [6.07, 6.45) is -2.72. The van der Waals surface area contributed by atoms with Crippen LogP contribution in [0.25, 0.3) is 0 Å². The Morgan fingerprint density at radius 2 is 1.91 bits per heavy atom. The number of unbranched alkanes of at least 4 members (excludes halogenated alkanes) is 1. The quantitative estimate of drug-likeness (QED) is 0.792. The highest BCUT2D eigenvalue weighted by atomic mass is 19.4. The molecular formula is C15H16F3N3O2. The lowest BCUT2D eigenvalue weighted by Crippen LogP contribution is -2.21. The van der Waals surface area contributed by atoms with Crippen LogP contribution in [0.4, 0.5) is 13.2 Å². The van der Waals surface area contributed by atoms with Gasteiger partial charge < -0.3 is 10.3 Å². The molecule has 0 saturated carbocycles. The van der Waals surface area contributed by atoms with Gasteiger partial charge in [0.15, 0.2) is 5.82 Å². The zero-order valence-electron chi connectivity index (χ0n) is 12.2. The van der Waals surface area contributed by atoms with E-state index in [4.69, 9.17) is 5.73 Å². The van der Waals surface area contributed by atoms with Crippen LogP contribution < -0.4 is 5.73 Å². The summed E-state index contributed by atoms with van der Waals surface area (Å²) in [7, 11) is 0. The van der Waals surface area contributed by atoms with Crippen LogP contribution in [0, 0.1) is 0 Å². The molecule has 0 fully saturated rings. The summed E-state index contributed by atoms with van der Waals surface area (Å²) in [5.74, 6) is -2.17. The molecule has 0 aliphatic heterocycles. The molecule has 1 heterocycles. The van der Waals surface area contributed by atoms with Crippen LogP contribution in [0.5, 0.6) is 0 Å². The summed E-state index contributed by atoms with van der Waals surface area (Å²) in [6.45, 7) is 0. The van der Waals surface area contributed by atoms with Gasteiger partial charge in [-0.2, -0.15) is 18.2 Å². The van der Waals surface area contributed by atoms with Crippen LogP contribution in [0.15, 0.2) is 34.9 Å². The van der Waals surface area contributed by atoms with Gasteiger partial charge in [0, 0.05) is 6.42 Å². The van der Waals surface area contributed by atoms with Gasteiger partial charge in [0.25, 0.3) is 0 Å². The average Bonchev–Trinajstić information content (AvgIpc) is 2.96. The average molecular weight is 327 g/mol. The van der Waals surface area contributed by atoms with Gasteiger partial charge in [-0.25, -0.2) is 0 Å². The number of primary amides is 1. The van der Waals surface area contributed by atoms with Crippen molar-refractivity contribution in [3.8, 4) is 0 Å². The van der Waals surface area contributed by atoms with Crippen LogP contribution in [0.1, 0.15) is 42.5 Å². The highest BCUT2D eigenvalue weighted by Gasteiger charge is 2.38. The largest absolute Gasteiger partial charge is 0.471 e. The van der Waals surface area contributed by atoms with Crippen molar-refractivity contribution in [2.45, 2.75) is 37.8 Å². The fourth-order valence-electron chi connectivity index (χ4n) is 2.26. The third kappa shape index (κ3) is 4.80. The number of rotatable bonds is 7. The molecule has 2 rings (SSSR count). The molecular weight excluding hydrogens is 311 g/mol. The van der Waals surface area contributed by atoms with Crippen molar-refractivity contribution >= 4 is 5.91 Å². The molecule has 2 aromatic rings. The number of benzene rings is 1. The lowest BCUT2D eigenvalue weighted by atomic mass is 9.92. The Balaban J connectivity index is 1.84. The van der Waals surface area contributed by atoms with Crippen molar-refractivity contribution in [1.82, 2.24) is 10.1 Å². The van der Waals surface area contributed by atoms with E-state index in [0.717, 1.165) is 5.56 Å². The van der Waals surface area contributed by atoms with Crippen molar-refractivity contribution in [1.29, 1.82) is 0 Å². The van der Waals surface area contributed by atoms with Gasteiger partial charge in [-0.3, -0.25) is 4.79 Å². The predicted molar refractivity (Wildman–Crippen MR) is 75.2 cm³/mol. The zero-order chi connectivity index (χ0) is 16.9. The highest BCUT2D eigenvalue weighted by Crippen LogP contribution is 2.27. The van der Waals surface area contributed by atoms with E-state index < -0.39 is 23.9 Å². The van der Waals surface area contributed by atoms with E-state index in [1.165, 1.54) is 0 Å². The minimum atomic E-state index is -4.63. The molecule has 23 heavy (non-hydrogen) atoms. The topological polar surface area (TPSA) is 82.0 Å². The molecule has 0 radical (unpaired) electrons. The number of halogens is 3. The first-order chi connectivity index (χ1) is 10.9. The van der Waals surface area contributed by atoms with E-state index in [9.17, 15) is 18.0 Å². The number of amides is 1. The smallest absolute Gasteiger partial charge is 0.369 e. The lowest BCUT2D eigenvalue weighted by molar-refractivity contribution is -0.159. The van der Waals surface area contributed by atoms with Crippen LogP contribution in [0.2, 0.25) is 0 Å². The van der Waals surface area contributed by atoms with E-state index in [0.29, 0.717) is 19.3 Å². The summed E-state index contributed by atoms with van der Waals surface area (Å²) >= 11 is 0. The molecule has 1 aromatic heterocycles. The number of hydrogen-bond donors (Lipinski definition) is 1. The summed E-state index contributed by atoms with van der Waals surface area (Å²) in [5.41, 5.74) is 6.24. The number of alkyl halides is 3. The Bertz CT molecular complexity index is 641. The molecule has 124 valence electrons. The van der Waals surface area contributed by atoms with Gasteiger partial charge in [0.2, 0.25) is 5.91 Å². The maximum absolute atomic E-state index is 12.3. The molecule has 0 saturated heterocycles. The number of carbonyl (C=O) groups excluding carboxylic acids is 1. The molecule has 2 N–H and O–H groups in total. The number of aromatic nitrogens is 2.